The Morgan fingerprint density at radius 3 is 2.63 bits per heavy atom. The summed E-state index contributed by atoms with van der Waals surface area (Å²) in [6, 6.07) is 2.76. The highest BCUT2D eigenvalue weighted by molar-refractivity contribution is 7.89. The van der Waals surface area contributed by atoms with Crippen LogP contribution in [0.2, 0.25) is 5.02 Å². The van der Waals surface area contributed by atoms with Crippen molar-refractivity contribution < 1.29 is 22.7 Å². The van der Waals surface area contributed by atoms with Crippen LogP contribution in [0.5, 0.6) is 5.75 Å². The lowest BCUT2D eigenvalue weighted by Crippen LogP contribution is -2.42. The van der Waals surface area contributed by atoms with Crippen molar-refractivity contribution in [2.75, 3.05) is 57.7 Å². The lowest BCUT2D eigenvalue weighted by atomic mass is 10.2. The van der Waals surface area contributed by atoms with Crippen LogP contribution in [0.15, 0.2) is 17.0 Å². The molecule has 2 aliphatic heterocycles. The molecule has 1 N–H and O–H groups in total. The van der Waals surface area contributed by atoms with E-state index in [1.165, 1.54) is 16.4 Å². The Bertz CT molecular complexity index is 920. The van der Waals surface area contributed by atoms with Gasteiger partial charge in [0.1, 0.15) is 10.6 Å². The normalized spacial score (nSPS) is 18.2. The number of hydrogen-bond donors (Lipinski definition) is 1. The van der Waals surface area contributed by atoms with Crippen molar-refractivity contribution in [3.05, 3.63) is 17.2 Å². The smallest absolute Gasteiger partial charge is 0.262 e. The van der Waals surface area contributed by atoms with Crippen LogP contribution in [0.1, 0.15) is 20.3 Å². The molecule has 2 heterocycles. The van der Waals surface area contributed by atoms with Gasteiger partial charge in [-0.15, -0.1) is 0 Å². The zero-order valence-electron chi connectivity index (χ0n) is 17.2. The molecule has 0 spiro atoms. The zero-order chi connectivity index (χ0) is 21.9. The number of fused-ring (bicyclic) bond motifs is 1. The van der Waals surface area contributed by atoms with E-state index in [-0.39, 0.29) is 47.2 Å². The molecule has 1 aromatic rings. The minimum atomic E-state index is -3.85. The summed E-state index contributed by atoms with van der Waals surface area (Å²) in [5.41, 5.74) is 0.354. The van der Waals surface area contributed by atoms with E-state index in [1.807, 2.05) is 18.7 Å². The molecule has 2 amide bonds. The van der Waals surface area contributed by atoms with Crippen LogP contribution in [0.4, 0.5) is 5.69 Å². The van der Waals surface area contributed by atoms with Gasteiger partial charge in [0.25, 0.3) is 5.91 Å². The zero-order valence-corrected chi connectivity index (χ0v) is 18.8. The average Bonchev–Trinajstić information content (AvgIpc) is 2.94. The number of sulfonamides is 1. The summed E-state index contributed by atoms with van der Waals surface area (Å²) in [5.74, 6) is 0.00752. The van der Waals surface area contributed by atoms with E-state index in [2.05, 4.69) is 5.32 Å². The molecule has 0 aromatic heterocycles. The summed E-state index contributed by atoms with van der Waals surface area (Å²) in [4.78, 5) is 27.5. The molecule has 0 aliphatic carbocycles. The highest BCUT2D eigenvalue weighted by atomic mass is 35.5. The third-order valence-electron chi connectivity index (χ3n) is 5.31. The number of carbonyl (C=O) groups is 2. The molecule has 1 fully saturated rings. The predicted molar refractivity (Wildman–Crippen MR) is 113 cm³/mol. The van der Waals surface area contributed by atoms with Gasteiger partial charge in [-0.25, -0.2) is 8.42 Å². The van der Waals surface area contributed by atoms with E-state index >= 15 is 0 Å². The number of nitrogens with one attached hydrogen (secondary N) is 1. The lowest BCUT2D eigenvalue weighted by Gasteiger charge is -2.25. The minimum absolute atomic E-state index is 0.0253. The summed E-state index contributed by atoms with van der Waals surface area (Å²) in [6.45, 7) is 7.00. The second kappa shape index (κ2) is 9.51. The minimum Gasteiger partial charge on any atom is -0.482 e. The molecule has 30 heavy (non-hydrogen) atoms. The Morgan fingerprint density at radius 1 is 1.20 bits per heavy atom. The summed E-state index contributed by atoms with van der Waals surface area (Å²) in [5, 5.41) is 2.64. The number of ether oxygens (including phenoxy) is 1. The topological polar surface area (TPSA) is 99.3 Å². The first-order chi connectivity index (χ1) is 14.3. The van der Waals surface area contributed by atoms with Gasteiger partial charge in [0.2, 0.25) is 15.9 Å². The van der Waals surface area contributed by atoms with Crippen LogP contribution in [0.25, 0.3) is 0 Å². The second-order valence-electron chi connectivity index (χ2n) is 7.22. The number of nitrogens with zero attached hydrogens (tertiary/aromatic N) is 3. The molecule has 9 nitrogen and oxygen atoms in total. The first kappa shape index (κ1) is 22.8. The van der Waals surface area contributed by atoms with Gasteiger partial charge >= 0.3 is 0 Å². The van der Waals surface area contributed by atoms with Gasteiger partial charge in [0.15, 0.2) is 6.61 Å². The molecule has 1 aromatic carbocycles. The number of rotatable bonds is 6. The van der Waals surface area contributed by atoms with Crippen LogP contribution < -0.4 is 10.1 Å². The van der Waals surface area contributed by atoms with Crippen molar-refractivity contribution in [1.82, 2.24) is 14.1 Å². The number of benzene rings is 1. The van der Waals surface area contributed by atoms with Crippen LogP contribution in [-0.2, 0) is 19.6 Å². The molecule has 11 heteroatoms. The number of carbonyl (C=O) groups excluding carboxylic acids is 2. The maximum Gasteiger partial charge on any atom is 0.262 e. The van der Waals surface area contributed by atoms with E-state index in [0.29, 0.717) is 44.8 Å². The van der Waals surface area contributed by atoms with Crippen LogP contribution >= 0.6 is 11.6 Å². The fourth-order valence-corrected chi connectivity index (χ4v) is 5.62. The Labute approximate surface area is 181 Å². The SMILES string of the molecule is CCN(CC)C(=O)CN1CCCN(S(=O)(=O)c2cc3c(cc2Cl)NC(=O)CO3)CC1. The van der Waals surface area contributed by atoms with Gasteiger partial charge in [-0.05, 0) is 32.9 Å². The highest BCUT2D eigenvalue weighted by Crippen LogP contribution is 2.36. The van der Waals surface area contributed by atoms with Crippen molar-refractivity contribution in [3.8, 4) is 5.75 Å². The van der Waals surface area contributed by atoms with Gasteiger partial charge in [0, 0.05) is 38.8 Å². The van der Waals surface area contributed by atoms with Crippen LogP contribution in [0.3, 0.4) is 0 Å². The van der Waals surface area contributed by atoms with Gasteiger partial charge in [-0.3, -0.25) is 14.5 Å². The maximum absolute atomic E-state index is 13.2. The van der Waals surface area contributed by atoms with E-state index in [9.17, 15) is 18.0 Å². The first-order valence-corrected chi connectivity index (χ1v) is 11.8. The van der Waals surface area contributed by atoms with Crippen LogP contribution in [0, 0.1) is 0 Å². The van der Waals surface area contributed by atoms with Crippen molar-refractivity contribution in [2.45, 2.75) is 25.2 Å². The van der Waals surface area contributed by atoms with Crippen molar-refractivity contribution in [1.29, 1.82) is 0 Å². The number of anilines is 1. The third-order valence-corrected chi connectivity index (χ3v) is 7.67. The molecule has 2 aliphatic rings. The lowest BCUT2D eigenvalue weighted by molar-refractivity contribution is -0.132. The monoisotopic (exact) mass is 458 g/mol. The fourth-order valence-electron chi connectivity index (χ4n) is 3.63. The Kier molecular flexibility index (Phi) is 7.22. The molecule has 1 saturated heterocycles. The molecule has 3 rings (SSSR count). The first-order valence-electron chi connectivity index (χ1n) is 10.0. The second-order valence-corrected chi connectivity index (χ2v) is 9.53. The van der Waals surface area contributed by atoms with Gasteiger partial charge in [0.05, 0.1) is 17.3 Å². The quantitative estimate of drug-likeness (QED) is 0.688. The number of amides is 2. The van der Waals surface area contributed by atoms with Crippen molar-refractivity contribution >= 4 is 39.1 Å². The number of halogens is 1. The van der Waals surface area contributed by atoms with Gasteiger partial charge < -0.3 is 15.0 Å². The van der Waals surface area contributed by atoms with E-state index < -0.39 is 10.0 Å². The third kappa shape index (κ3) is 4.88. The standard InChI is InChI=1S/C19H27ClN4O5S/c1-3-23(4-2)19(26)12-22-6-5-7-24(9-8-22)30(27,28)17-11-16-15(10-14(17)20)21-18(25)13-29-16/h10-11H,3-9,12-13H2,1-2H3,(H,21,25). The van der Waals surface area contributed by atoms with Crippen LogP contribution in [-0.4, -0.2) is 86.8 Å². The fraction of sp³-hybridized carbons (Fsp3) is 0.579. The molecular weight excluding hydrogens is 432 g/mol. The maximum atomic E-state index is 13.2. The molecular formula is C19H27ClN4O5S. The van der Waals surface area contributed by atoms with Gasteiger partial charge in [-0.1, -0.05) is 11.6 Å². The molecule has 0 unspecified atom stereocenters. The Morgan fingerprint density at radius 2 is 1.93 bits per heavy atom. The van der Waals surface area contributed by atoms with E-state index in [0.717, 1.165) is 0 Å². The summed E-state index contributed by atoms with van der Waals surface area (Å²) >= 11 is 6.24. The Balaban J connectivity index is 1.73. The molecule has 0 radical (unpaired) electrons. The number of hydrogen-bond acceptors (Lipinski definition) is 6. The Hall–Kier alpha value is -1.88. The summed E-state index contributed by atoms with van der Waals surface area (Å²) in [6.07, 6.45) is 0.611. The van der Waals surface area contributed by atoms with E-state index in [4.69, 9.17) is 16.3 Å². The van der Waals surface area contributed by atoms with Crippen molar-refractivity contribution in [2.24, 2.45) is 0 Å². The largest absolute Gasteiger partial charge is 0.482 e. The molecule has 0 saturated carbocycles. The highest BCUT2D eigenvalue weighted by Gasteiger charge is 2.31. The summed E-state index contributed by atoms with van der Waals surface area (Å²) in [7, 11) is -3.85. The summed E-state index contributed by atoms with van der Waals surface area (Å²) < 4.78 is 33.2. The molecule has 166 valence electrons. The average molecular weight is 459 g/mol. The van der Waals surface area contributed by atoms with Crippen molar-refractivity contribution in [3.63, 3.8) is 0 Å². The predicted octanol–water partition coefficient (Wildman–Crippen LogP) is 1.24. The van der Waals surface area contributed by atoms with E-state index in [1.54, 1.807) is 4.90 Å². The molecule has 0 bridgehead atoms. The molecule has 0 atom stereocenters. The van der Waals surface area contributed by atoms with Gasteiger partial charge in [-0.2, -0.15) is 4.31 Å². The number of likely N-dealkylation sites (N-methyl/N-ethyl adjacent to an activating group) is 1.